The molecule has 1 saturated carbocycles. The van der Waals surface area contributed by atoms with E-state index in [-0.39, 0.29) is 24.3 Å². The number of amides is 2. The molecule has 0 radical (unpaired) electrons. The van der Waals surface area contributed by atoms with E-state index in [1.165, 1.54) is 0 Å². The number of nitrogens with one attached hydrogen (secondary N) is 1. The van der Waals surface area contributed by atoms with Crippen molar-refractivity contribution in [3.8, 4) is 34.2 Å². The molecule has 9 heteroatoms. The third-order valence-electron chi connectivity index (χ3n) is 6.78. The summed E-state index contributed by atoms with van der Waals surface area (Å²) in [7, 11) is 4.76. The molecular weight excluding hydrogens is 508 g/mol. The van der Waals surface area contributed by atoms with E-state index in [2.05, 4.69) is 5.32 Å². The highest BCUT2D eigenvalue weighted by molar-refractivity contribution is 5.94. The Bertz CT molecular complexity index is 1480. The van der Waals surface area contributed by atoms with Crippen molar-refractivity contribution in [3.05, 3.63) is 84.6 Å². The first-order chi connectivity index (χ1) is 19.5. The molecule has 0 saturated heterocycles. The van der Waals surface area contributed by atoms with Crippen molar-refractivity contribution in [1.82, 2.24) is 14.5 Å². The van der Waals surface area contributed by atoms with Crippen LogP contribution in [0, 0.1) is 5.92 Å². The Labute approximate surface area is 233 Å². The molecular formula is C31H32N4O5. The second-order valence-corrected chi connectivity index (χ2v) is 9.59. The second-order valence-electron chi connectivity index (χ2n) is 9.59. The Kier molecular flexibility index (Phi) is 8.00. The van der Waals surface area contributed by atoms with E-state index in [4.69, 9.17) is 19.2 Å². The van der Waals surface area contributed by atoms with Crippen molar-refractivity contribution >= 4 is 17.8 Å². The molecule has 1 aliphatic carbocycles. The molecule has 9 nitrogen and oxygen atoms in total. The van der Waals surface area contributed by atoms with Crippen LogP contribution in [0.2, 0.25) is 0 Å². The van der Waals surface area contributed by atoms with Crippen LogP contribution in [0.15, 0.2) is 79.0 Å². The largest absolute Gasteiger partial charge is 0.497 e. The van der Waals surface area contributed by atoms with Crippen LogP contribution >= 0.6 is 0 Å². The van der Waals surface area contributed by atoms with Gasteiger partial charge in [0.2, 0.25) is 17.8 Å². The maximum atomic E-state index is 13.4. The monoisotopic (exact) mass is 540 g/mol. The lowest BCUT2D eigenvalue weighted by molar-refractivity contribution is -0.136. The topological polar surface area (TPSA) is 94.9 Å². The summed E-state index contributed by atoms with van der Waals surface area (Å²) in [5.74, 6) is 1.84. The smallest absolute Gasteiger partial charge is 0.246 e. The van der Waals surface area contributed by atoms with E-state index in [1.54, 1.807) is 36.9 Å². The van der Waals surface area contributed by atoms with Crippen LogP contribution in [0.5, 0.6) is 17.2 Å². The lowest BCUT2D eigenvalue weighted by Gasteiger charge is -2.22. The Morgan fingerprint density at radius 3 is 2.30 bits per heavy atom. The predicted octanol–water partition coefficient (Wildman–Crippen LogP) is 4.94. The average molecular weight is 541 g/mol. The standard InChI is InChI=1S/C31H32N4O5/c1-38-25-14-11-22(12-15-25)26-19-35(24-13-16-27(39-2)28(17-24)40-3)31(32-26)33-29(36)20-34(30(37)23-9-10-23)18-21-7-5-4-6-8-21/h4-8,11-17,19,23H,9-10,18,20H2,1-3H3,(H,32,33,36). The number of hydrogen-bond donors (Lipinski definition) is 1. The van der Waals surface area contributed by atoms with E-state index in [0.29, 0.717) is 29.7 Å². The molecule has 5 rings (SSSR count). The van der Waals surface area contributed by atoms with Gasteiger partial charge in [-0.25, -0.2) is 4.98 Å². The van der Waals surface area contributed by atoms with Gasteiger partial charge < -0.3 is 19.1 Å². The molecule has 1 aliphatic rings. The zero-order valence-corrected chi connectivity index (χ0v) is 22.8. The SMILES string of the molecule is COc1ccc(-c2cn(-c3ccc(OC)c(OC)c3)c(NC(=O)CN(Cc3ccccc3)C(=O)C3CC3)n2)cc1. The van der Waals surface area contributed by atoms with Crippen molar-refractivity contribution in [2.75, 3.05) is 33.2 Å². The fourth-order valence-corrected chi connectivity index (χ4v) is 4.48. The first kappa shape index (κ1) is 26.8. The highest BCUT2D eigenvalue weighted by Gasteiger charge is 2.34. The van der Waals surface area contributed by atoms with Gasteiger partial charge >= 0.3 is 0 Å². The van der Waals surface area contributed by atoms with Gasteiger partial charge in [-0.1, -0.05) is 30.3 Å². The van der Waals surface area contributed by atoms with Crippen molar-refractivity contribution in [3.63, 3.8) is 0 Å². The Balaban J connectivity index is 1.45. The molecule has 0 spiro atoms. The molecule has 1 fully saturated rings. The van der Waals surface area contributed by atoms with E-state index in [0.717, 1.165) is 35.4 Å². The van der Waals surface area contributed by atoms with Crippen LogP contribution in [0.25, 0.3) is 16.9 Å². The van der Waals surface area contributed by atoms with Gasteiger partial charge in [-0.05, 0) is 54.8 Å². The number of carbonyl (C=O) groups excluding carboxylic acids is 2. The summed E-state index contributed by atoms with van der Waals surface area (Å²) in [6.45, 7) is 0.283. The highest BCUT2D eigenvalue weighted by Crippen LogP contribution is 2.33. The third-order valence-corrected chi connectivity index (χ3v) is 6.78. The van der Waals surface area contributed by atoms with Crippen LogP contribution in [0.3, 0.4) is 0 Å². The first-order valence-electron chi connectivity index (χ1n) is 13.1. The van der Waals surface area contributed by atoms with Crippen LogP contribution in [0.4, 0.5) is 5.95 Å². The zero-order chi connectivity index (χ0) is 28.1. The normalized spacial score (nSPS) is 12.5. The summed E-state index contributed by atoms with van der Waals surface area (Å²) >= 11 is 0. The third kappa shape index (κ3) is 6.09. The molecule has 4 aromatic rings. The molecule has 206 valence electrons. The van der Waals surface area contributed by atoms with Gasteiger partial charge in [0.25, 0.3) is 0 Å². The van der Waals surface area contributed by atoms with Crippen LogP contribution in [0.1, 0.15) is 18.4 Å². The fraction of sp³-hybridized carbons (Fsp3) is 0.258. The fourth-order valence-electron chi connectivity index (χ4n) is 4.48. The van der Waals surface area contributed by atoms with Crippen molar-refractivity contribution in [2.45, 2.75) is 19.4 Å². The summed E-state index contributed by atoms with van der Waals surface area (Å²) in [4.78, 5) is 32.8. The Morgan fingerprint density at radius 2 is 1.65 bits per heavy atom. The van der Waals surface area contributed by atoms with Crippen molar-refractivity contribution in [1.29, 1.82) is 0 Å². The number of rotatable bonds is 11. The molecule has 40 heavy (non-hydrogen) atoms. The lowest BCUT2D eigenvalue weighted by Crippen LogP contribution is -2.38. The number of benzene rings is 3. The summed E-state index contributed by atoms with van der Waals surface area (Å²) in [6.07, 6.45) is 3.57. The minimum Gasteiger partial charge on any atom is -0.497 e. The van der Waals surface area contributed by atoms with Gasteiger partial charge in [0.15, 0.2) is 11.5 Å². The minimum absolute atomic E-state index is 0.00107. The molecule has 0 aliphatic heterocycles. The van der Waals surface area contributed by atoms with Gasteiger partial charge in [0, 0.05) is 30.3 Å². The summed E-state index contributed by atoms with van der Waals surface area (Å²) < 4.78 is 17.9. The number of nitrogens with zero attached hydrogens (tertiary/aromatic N) is 3. The maximum Gasteiger partial charge on any atom is 0.246 e. The first-order valence-corrected chi connectivity index (χ1v) is 13.1. The second kappa shape index (κ2) is 11.9. The van der Waals surface area contributed by atoms with E-state index < -0.39 is 0 Å². The molecule has 1 N–H and O–H groups in total. The number of aromatic nitrogens is 2. The van der Waals surface area contributed by atoms with Gasteiger partial charge in [-0.15, -0.1) is 0 Å². The molecule has 0 atom stereocenters. The lowest BCUT2D eigenvalue weighted by atomic mass is 10.1. The summed E-state index contributed by atoms with van der Waals surface area (Å²) in [6, 6.07) is 22.7. The number of ether oxygens (including phenoxy) is 3. The van der Waals surface area contributed by atoms with Crippen LogP contribution in [-0.2, 0) is 16.1 Å². The molecule has 3 aromatic carbocycles. The van der Waals surface area contributed by atoms with Crippen molar-refractivity contribution in [2.24, 2.45) is 5.92 Å². The van der Waals surface area contributed by atoms with Gasteiger partial charge in [0.1, 0.15) is 12.3 Å². The van der Waals surface area contributed by atoms with Gasteiger partial charge in [-0.3, -0.25) is 19.5 Å². The number of carbonyl (C=O) groups is 2. The van der Waals surface area contributed by atoms with E-state index in [9.17, 15) is 9.59 Å². The maximum absolute atomic E-state index is 13.4. The number of methoxy groups -OCH3 is 3. The molecule has 0 bridgehead atoms. The Hall–Kier alpha value is -4.79. The van der Waals surface area contributed by atoms with E-state index >= 15 is 0 Å². The Morgan fingerprint density at radius 1 is 0.925 bits per heavy atom. The quantitative estimate of drug-likeness (QED) is 0.290. The number of imidazole rings is 1. The highest BCUT2D eigenvalue weighted by atomic mass is 16.5. The van der Waals surface area contributed by atoms with Crippen LogP contribution < -0.4 is 19.5 Å². The summed E-state index contributed by atoms with van der Waals surface area (Å²) in [5.41, 5.74) is 3.20. The van der Waals surface area contributed by atoms with Gasteiger partial charge in [0.05, 0.1) is 32.7 Å². The van der Waals surface area contributed by atoms with E-state index in [1.807, 2.05) is 72.9 Å². The van der Waals surface area contributed by atoms with Crippen LogP contribution in [-0.4, -0.2) is 54.1 Å². The number of hydrogen-bond acceptors (Lipinski definition) is 6. The van der Waals surface area contributed by atoms with Crippen molar-refractivity contribution < 1.29 is 23.8 Å². The average Bonchev–Trinajstić information content (AvgIpc) is 3.76. The molecule has 0 unspecified atom stereocenters. The minimum atomic E-state index is -0.335. The predicted molar refractivity (Wildman–Crippen MR) is 152 cm³/mol. The molecule has 1 aromatic heterocycles. The molecule has 2 amide bonds. The summed E-state index contributed by atoms with van der Waals surface area (Å²) in [5, 5.41) is 2.94. The molecule has 1 heterocycles. The number of anilines is 1. The van der Waals surface area contributed by atoms with Gasteiger partial charge in [-0.2, -0.15) is 0 Å². The zero-order valence-electron chi connectivity index (χ0n) is 22.8.